The summed E-state index contributed by atoms with van der Waals surface area (Å²) in [5.41, 5.74) is -0.0785. The normalized spacial score (nSPS) is 11.7. The van der Waals surface area contributed by atoms with Crippen LogP contribution in [0.5, 0.6) is 11.5 Å². The molecule has 0 amide bonds. The van der Waals surface area contributed by atoms with Gasteiger partial charge in [-0.2, -0.15) is 18.2 Å². The molecule has 0 aliphatic heterocycles. The molecule has 1 heterocycles. The fraction of sp³-hybridized carbons (Fsp3) is 0.263. The molecule has 0 aliphatic rings. The molecule has 0 unspecified atom stereocenters. The highest BCUT2D eigenvalue weighted by molar-refractivity contribution is 5.62. The maximum absolute atomic E-state index is 13.4. The van der Waals surface area contributed by atoms with E-state index in [-0.39, 0.29) is 29.1 Å². The Morgan fingerprint density at radius 1 is 1.00 bits per heavy atom. The van der Waals surface area contributed by atoms with Crippen molar-refractivity contribution in [2.24, 2.45) is 0 Å². The van der Waals surface area contributed by atoms with Crippen molar-refractivity contribution in [1.29, 1.82) is 0 Å². The third-order valence-electron chi connectivity index (χ3n) is 3.67. The van der Waals surface area contributed by atoms with Crippen LogP contribution >= 0.6 is 0 Å². The predicted octanol–water partition coefficient (Wildman–Crippen LogP) is 5.22. The third kappa shape index (κ3) is 4.21. The van der Waals surface area contributed by atoms with Crippen LogP contribution in [0, 0.1) is 0 Å². The lowest BCUT2D eigenvalue weighted by atomic mass is 10.1. The van der Waals surface area contributed by atoms with E-state index >= 15 is 0 Å². The SMILES string of the molecule is COc1ccc(-c2noc(-c3ccc(OC(C)C)c(C(F)(F)F)c3)n2)cc1. The molecule has 2 aromatic carbocycles. The predicted molar refractivity (Wildman–Crippen MR) is 92.5 cm³/mol. The van der Waals surface area contributed by atoms with E-state index in [0.717, 1.165) is 6.07 Å². The van der Waals surface area contributed by atoms with Crippen LogP contribution in [-0.4, -0.2) is 23.4 Å². The lowest BCUT2D eigenvalue weighted by molar-refractivity contribution is -0.139. The lowest BCUT2D eigenvalue weighted by Crippen LogP contribution is -2.13. The molecule has 27 heavy (non-hydrogen) atoms. The summed E-state index contributed by atoms with van der Waals surface area (Å²) in [7, 11) is 1.55. The van der Waals surface area contributed by atoms with Gasteiger partial charge in [0.2, 0.25) is 5.82 Å². The first-order chi connectivity index (χ1) is 12.8. The van der Waals surface area contributed by atoms with Gasteiger partial charge in [-0.05, 0) is 56.3 Å². The van der Waals surface area contributed by atoms with Gasteiger partial charge in [-0.15, -0.1) is 0 Å². The molecule has 0 spiro atoms. The highest BCUT2D eigenvalue weighted by Crippen LogP contribution is 2.39. The van der Waals surface area contributed by atoms with E-state index in [1.54, 1.807) is 45.2 Å². The van der Waals surface area contributed by atoms with Crippen LogP contribution in [0.3, 0.4) is 0 Å². The average Bonchev–Trinajstić information content (AvgIpc) is 3.11. The van der Waals surface area contributed by atoms with E-state index in [9.17, 15) is 13.2 Å². The Kier molecular flexibility index (Phi) is 5.07. The van der Waals surface area contributed by atoms with Gasteiger partial charge in [-0.25, -0.2) is 0 Å². The minimum Gasteiger partial charge on any atom is -0.497 e. The van der Waals surface area contributed by atoms with Crippen molar-refractivity contribution in [2.75, 3.05) is 7.11 Å². The monoisotopic (exact) mass is 378 g/mol. The van der Waals surface area contributed by atoms with Crippen LogP contribution in [0.2, 0.25) is 0 Å². The summed E-state index contributed by atoms with van der Waals surface area (Å²) < 4.78 is 55.6. The minimum atomic E-state index is -4.57. The molecule has 0 N–H and O–H groups in total. The van der Waals surface area contributed by atoms with Crippen molar-refractivity contribution in [3.05, 3.63) is 48.0 Å². The van der Waals surface area contributed by atoms with Crippen LogP contribution in [-0.2, 0) is 6.18 Å². The van der Waals surface area contributed by atoms with E-state index in [1.807, 2.05) is 0 Å². The first-order valence-corrected chi connectivity index (χ1v) is 8.14. The quantitative estimate of drug-likeness (QED) is 0.609. The molecule has 0 fully saturated rings. The highest BCUT2D eigenvalue weighted by atomic mass is 19.4. The molecular weight excluding hydrogens is 361 g/mol. The van der Waals surface area contributed by atoms with Gasteiger partial charge in [0.25, 0.3) is 5.89 Å². The number of rotatable bonds is 5. The van der Waals surface area contributed by atoms with Gasteiger partial charge in [-0.1, -0.05) is 5.16 Å². The Morgan fingerprint density at radius 2 is 1.67 bits per heavy atom. The van der Waals surface area contributed by atoms with Crippen molar-refractivity contribution in [3.8, 4) is 34.3 Å². The van der Waals surface area contributed by atoms with E-state index < -0.39 is 11.7 Å². The molecule has 0 aliphatic carbocycles. The summed E-state index contributed by atoms with van der Waals surface area (Å²) in [6.45, 7) is 3.32. The molecule has 3 rings (SSSR count). The fourth-order valence-electron chi connectivity index (χ4n) is 2.44. The second-order valence-electron chi connectivity index (χ2n) is 6.03. The standard InChI is InChI=1S/C19H17F3N2O3/c1-11(2)26-16-9-6-13(10-15(16)19(20,21)22)18-23-17(24-27-18)12-4-7-14(25-3)8-5-12/h4-11H,1-3H3. The Hall–Kier alpha value is -3.03. The first-order valence-electron chi connectivity index (χ1n) is 8.14. The maximum atomic E-state index is 13.4. The Labute approximate surface area is 153 Å². The number of alkyl halides is 3. The molecule has 0 bridgehead atoms. The molecule has 0 radical (unpaired) electrons. The summed E-state index contributed by atoms with van der Waals surface area (Å²) in [4.78, 5) is 4.19. The van der Waals surface area contributed by atoms with Crippen molar-refractivity contribution >= 4 is 0 Å². The van der Waals surface area contributed by atoms with Gasteiger partial charge >= 0.3 is 6.18 Å². The number of halogens is 3. The zero-order chi connectivity index (χ0) is 19.6. The Bertz CT molecular complexity index is 919. The van der Waals surface area contributed by atoms with Gasteiger partial charge in [0, 0.05) is 11.1 Å². The van der Waals surface area contributed by atoms with E-state index in [1.165, 1.54) is 12.1 Å². The summed E-state index contributed by atoms with van der Waals surface area (Å²) >= 11 is 0. The molecule has 5 nitrogen and oxygen atoms in total. The molecule has 142 valence electrons. The van der Waals surface area contributed by atoms with E-state index in [2.05, 4.69) is 10.1 Å². The zero-order valence-corrected chi connectivity index (χ0v) is 14.9. The summed E-state index contributed by atoms with van der Waals surface area (Å²) in [6, 6.07) is 10.6. The van der Waals surface area contributed by atoms with Crippen LogP contribution in [0.1, 0.15) is 19.4 Å². The number of benzene rings is 2. The van der Waals surface area contributed by atoms with Gasteiger partial charge < -0.3 is 14.0 Å². The van der Waals surface area contributed by atoms with Crippen LogP contribution in [0.15, 0.2) is 47.0 Å². The smallest absolute Gasteiger partial charge is 0.419 e. The summed E-state index contributed by atoms with van der Waals surface area (Å²) in [6.07, 6.45) is -4.96. The van der Waals surface area contributed by atoms with Crippen LogP contribution < -0.4 is 9.47 Å². The first kappa shape index (κ1) is 18.8. The van der Waals surface area contributed by atoms with Gasteiger partial charge in [-0.3, -0.25) is 0 Å². The van der Waals surface area contributed by atoms with Crippen molar-refractivity contribution in [1.82, 2.24) is 10.1 Å². The number of methoxy groups -OCH3 is 1. The highest BCUT2D eigenvalue weighted by Gasteiger charge is 2.35. The zero-order valence-electron chi connectivity index (χ0n) is 14.9. The Morgan fingerprint density at radius 3 is 2.26 bits per heavy atom. The molecular formula is C19H17F3N2O3. The van der Waals surface area contributed by atoms with Crippen molar-refractivity contribution in [3.63, 3.8) is 0 Å². The number of ether oxygens (including phenoxy) is 2. The van der Waals surface area contributed by atoms with Gasteiger partial charge in [0.15, 0.2) is 0 Å². The fourth-order valence-corrected chi connectivity index (χ4v) is 2.44. The van der Waals surface area contributed by atoms with Crippen molar-refractivity contribution in [2.45, 2.75) is 26.1 Å². The Balaban J connectivity index is 1.95. The van der Waals surface area contributed by atoms with Crippen LogP contribution in [0.25, 0.3) is 22.8 Å². The van der Waals surface area contributed by atoms with E-state index in [4.69, 9.17) is 14.0 Å². The number of aromatic nitrogens is 2. The lowest BCUT2D eigenvalue weighted by Gasteiger charge is -2.16. The number of nitrogens with zero attached hydrogens (tertiary/aromatic N) is 2. The van der Waals surface area contributed by atoms with Crippen molar-refractivity contribution < 1.29 is 27.2 Å². The molecule has 0 saturated carbocycles. The molecule has 8 heteroatoms. The molecule has 0 atom stereocenters. The largest absolute Gasteiger partial charge is 0.497 e. The minimum absolute atomic E-state index is 0.0117. The number of hydrogen-bond acceptors (Lipinski definition) is 5. The topological polar surface area (TPSA) is 57.4 Å². The maximum Gasteiger partial charge on any atom is 0.419 e. The summed E-state index contributed by atoms with van der Waals surface area (Å²) in [5, 5.41) is 3.84. The number of hydrogen-bond donors (Lipinski definition) is 0. The van der Waals surface area contributed by atoms with E-state index in [0.29, 0.717) is 11.3 Å². The molecule has 1 aromatic heterocycles. The van der Waals surface area contributed by atoms with Crippen LogP contribution in [0.4, 0.5) is 13.2 Å². The second kappa shape index (κ2) is 7.30. The van der Waals surface area contributed by atoms with Gasteiger partial charge in [0.1, 0.15) is 11.5 Å². The average molecular weight is 378 g/mol. The third-order valence-corrected chi connectivity index (χ3v) is 3.67. The molecule has 3 aromatic rings. The molecule has 0 saturated heterocycles. The van der Waals surface area contributed by atoms with Gasteiger partial charge in [0.05, 0.1) is 18.8 Å². The summed E-state index contributed by atoms with van der Waals surface area (Å²) in [5.74, 6) is 0.681. The second-order valence-corrected chi connectivity index (χ2v) is 6.03.